The van der Waals surface area contributed by atoms with Crippen LogP contribution in [0.1, 0.15) is 46.5 Å². The summed E-state index contributed by atoms with van der Waals surface area (Å²) in [5.41, 5.74) is 4.31. The Kier molecular flexibility index (Phi) is 3.52. The number of hydrogen-bond donors (Lipinski definition) is 2. The van der Waals surface area contributed by atoms with Gasteiger partial charge in [-0.1, -0.05) is 39.3 Å². The van der Waals surface area contributed by atoms with Crippen LogP contribution in [0, 0.1) is 5.41 Å². The molecule has 3 rings (SSSR count). The van der Waals surface area contributed by atoms with Gasteiger partial charge in [-0.15, -0.1) is 0 Å². The van der Waals surface area contributed by atoms with Crippen LogP contribution in [0.2, 0.25) is 0 Å². The van der Waals surface area contributed by atoms with Gasteiger partial charge in [0.1, 0.15) is 0 Å². The van der Waals surface area contributed by atoms with Gasteiger partial charge in [0.25, 0.3) is 0 Å². The first-order chi connectivity index (χ1) is 10.00. The summed E-state index contributed by atoms with van der Waals surface area (Å²) in [6.45, 7) is 6.52. The minimum atomic E-state index is 0.0406. The molecule has 0 radical (unpaired) electrons. The molecule has 0 bridgehead atoms. The number of para-hydroxylation sites is 2. The molecule has 1 atom stereocenters. The fourth-order valence-corrected chi connectivity index (χ4v) is 3.50. The highest BCUT2D eigenvalue weighted by Crippen LogP contribution is 2.42. The first-order valence-corrected chi connectivity index (χ1v) is 7.89. The molecule has 112 valence electrons. The van der Waals surface area contributed by atoms with E-state index < -0.39 is 0 Å². The molecule has 0 amide bonds. The normalized spacial score (nSPS) is 23.6. The lowest BCUT2D eigenvalue weighted by molar-refractivity contribution is -0.118. The number of allylic oxidation sites excluding steroid dienone is 1. The number of benzene rings is 1. The van der Waals surface area contributed by atoms with Crippen molar-refractivity contribution >= 4 is 17.2 Å². The SMILES string of the molecule is CCCC1Nc2ccccc2NC2=C1C(=O)CC(C)(C)C2. The predicted octanol–water partition coefficient (Wildman–Crippen LogP) is 4.34. The number of Topliss-reactive ketones (excluding diaryl/α,β-unsaturated/α-hetero) is 1. The van der Waals surface area contributed by atoms with Crippen molar-refractivity contribution in [1.29, 1.82) is 0 Å². The van der Waals surface area contributed by atoms with Gasteiger partial charge in [-0.2, -0.15) is 0 Å². The number of rotatable bonds is 2. The van der Waals surface area contributed by atoms with Crippen LogP contribution in [0.3, 0.4) is 0 Å². The van der Waals surface area contributed by atoms with Crippen LogP contribution in [-0.2, 0) is 4.79 Å². The van der Waals surface area contributed by atoms with E-state index in [4.69, 9.17) is 0 Å². The van der Waals surface area contributed by atoms with Gasteiger partial charge in [0.15, 0.2) is 5.78 Å². The predicted molar refractivity (Wildman–Crippen MR) is 87.4 cm³/mol. The number of anilines is 2. The van der Waals surface area contributed by atoms with Crippen molar-refractivity contribution in [3.05, 3.63) is 35.5 Å². The third-order valence-electron chi connectivity index (χ3n) is 4.39. The maximum atomic E-state index is 12.7. The Bertz CT molecular complexity index is 601. The van der Waals surface area contributed by atoms with Crippen molar-refractivity contribution in [2.45, 2.75) is 52.5 Å². The minimum Gasteiger partial charge on any atom is -0.376 e. The fourth-order valence-electron chi connectivity index (χ4n) is 3.50. The molecule has 1 aromatic carbocycles. The zero-order valence-corrected chi connectivity index (χ0v) is 13.1. The highest BCUT2D eigenvalue weighted by atomic mass is 16.1. The number of hydrogen-bond acceptors (Lipinski definition) is 3. The summed E-state index contributed by atoms with van der Waals surface area (Å²) < 4.78 is 0. The van der Waals surface area contributed by atoms with E-state index >= 15 is 0 Å². The van der Waals surface area contributed by atoms with E-state index in [1.54, 1.807) is 0 Å². The molecule has 0 fully saturated rings. The van der Waals surface area contributed by atoms with E-state index in [1.807, 2.05) is 12.1 Å². The second-order valence-corrected chi connectivity index (χ2v) is 6.99. The number of nitrogens with one attached hydrogen (secondary N) is 2. The molecule has 0 saturated carbocycles. The second-order valence-electron chi connectivity index (χ2n) is 6.99. The van der Waals surface area contributed by atoms with Crippen molar-refractivity contribution in [2.75, 3.05) is 10.6 Å². The summed E-state index contributed by atoms with van der Waals surface area (Å²) in [7, 11) is 0. The molecule has 0 spiro atoms. The maximum absolute atomic E-state index is 12.7. The van der Waals surface area contributed by atoms with E-state index in [2.05, 4.69) is 43.5 Å². The summed E-state index contributed by atoms with van der Waals surface area (Å²) in [6, 6.07) is 8.35. The molecule has 1 aliphatic carbocycles. The fraction of sp³-hybridized carbons (Fsp3) is 0.500. The second kappa shape index (κ2) is 5.21. The van der Waals surface area contributed by atoms with Crippen molar-refractivity contribution < 1.29 is 4.79 Å². The van der Waals surface area contributed by atoms with Gasteiger partial charge in [-0.05, 0) is 30.4 Å². The van der Waals surface area contributed by atoms with Crippen LogP contribution >= 0.6 is 0 Å². The molecule has 1 aromatic rings. The molecule has 1 unspecified atom stereocenters. The largest absolute Gasteiger partial charge is 0.376 e. The van der Waals surface area contributed by atoms with Crippen molar-refractivity contribution in [1.82, 2.24) is 0 Å². The van der Waals surface area contributed by atoms with Crippen molar-refractivity contribution in [3.63, 3.8) is 0 Å². The summed E-state index contributed by atoms with van der Waals surface area (Å²) in [5, 5.41) is 7.11. The monoisotopic (exact) mass is 284 g/mol. The minimum absolute atomic E-state index is 0.0406. The zero-order valence-electron chi connectivity index (χ0n) is 13.1. The van der Waals surface area contributed by atoms with Gasteiger partial charge in [-0.3, -0.25) is 4.79 Å². The summed E-state index contributed by atoms with van der Waals surface area (Å²) in [5.74, 6) is 0.299. The van der Waals surface area contributed by atoms with Crippen LogP contribution < -0.4 is 10.6 Å². The zero-order chi connectivity index (χ0) is 15.0. The van der Waals surface area contributed by atoms with Crippen LogP contribution in [0.4, 0.5) is 11.4 Å². The van der Waals surface area contributed by atoms with Crippen LogP contribution in [-0.4, -0.2) is 11.8 Å². The molecular weight excluding hydrogens is 260 g/mol. The molecular formula is C18H24N2O. The van der Waals surface area contributed by atoms with Gasteiger partial charge in [0.2, 0.25) is 0 Å². The van der Waals surface area contributed by atoms with Crippen molar-refractivity contribution in [2.24, 2.45) is 5.41 Å². The standard InChI is InChI=1S/C18H24N2O/c1-4-7-14-17-15(10-18(2,3)11-16(17)21)20-13-9-6-5-8-12(13)19-14/h5-6,8-9,14,19-20H,4,7,10-11H2,1-3H3. The lowest BCUT2D eigenvalue weighted by Gasteiger charge is -2.34. The average molecular weight is 284 g/mol. The van der Waals surface area contributed by atoms with Gasteiger partial charge < -0.3 is 10.6 Å². The van der Waals surface area contributed by atoms with Gasteiger partial charge >= 0.3 is 0 Å². The molecule has 2 aliphatic rings. The topological polar surface area (TPSA) is 41.1 Å². The number of ketones is 1. The van der Waals surface area contributed by atoms with E-state index in [9.17, 15) is 4.79 Å². The van der Waals surface area contributed by atoms with E-state index in [0.717, 1.165) is 41.9 Å². The van der Waals surface area contributed by atoms with Gasteiger partial charge in [-0.25, -0.2) is 0 Å². The Hall–Kier alpha value is -1.77. The Labute approximate surface area is 126 Å². The van der Waals surface area contributed by atoms with Crippen LogP contribution in [0.25, 0.3) is 0 Å². The van der Waals surface area contributed by atoms with Crippen LogP contribution in [0.15, 0.2) is 35.5 Å². The molecule has 3 nitrogen and oxygen atoms in total. The quantitative estimate of drug-likeness (QED) is 0.849. The Balaban J connectivity index is 2.07. The molecule has 3 heteroatoms. The Morgan fingerprint density at radius 2 is 1.90 bits per heavy atom. The van der Waals surface area contributed by atoms with Gasteiger partial charge in [0.05, 0.1) is 17.4 Å². The molecule has 1 heterocycles. The summed E-state index contributed by atoms with van der Waals surface area (Å²) in [4.78, 5) is 12.7. The third-order valence-corrected chi connectivity index (χ3v) is 4.39. The van der Waals surface area contributed by atoms with Gasteiger partial charge in [0, 0.05) is 17.7 Å². The number of carbonyl (C=O) groups excluding carboxylic acids is 1. The number of fused-ring (bicyclic) bond motifs is 1. The van der Waals surface area contributed by atoms with E-state index in [0.29, 0.717) is 12.2 Å². The maximum Gasteiger partial charge on any atom is 0.163 e. The lowest BCUT2D eigenvalue weighted by atomic mass is 9.74. The Morgan fingerprint density at radius 3 is 2.62 bits per heavy atom. The van der Waals surface area contributed by atoms with Crippen molar-refractivity contribution in [3.8, 4) is 0 Å². The summed E-state index contributed by atoms with van der Waals surface area (Å²) in [6.07, 6.45) is 3.63. The summed E-state index contributed by atoms with van der Waals surface area (Å²) >= 11 is 0. The van der Waals surface area contributed by atoms with E-state index in [-0.39, 0.29) is 11.5 Å². The molecule has 2 N–H and O–H groups in total. The highest BCUT2D eigenvalue weighted by Gasteiger charge is 2.37. The Morgan fingerprint density at radius 1 is 1.19 bits per heavy atom. The number of carbonyl (C=O) groups is 1. The smallest absolute Gasteiger partial charge is 0.163 e. The average Bonchev–Trinajstić information content (AvgIpc) is 2.53. The molecule has 1 aliphatic heterocycles. The first kappa shape index (κ1) is 14.2. The lowest BCUT2D eigenvalue weighted by Crippen LogP contribution is -2.34. The third kappa shape index (κ3) is 2.69. The van der Waals surface area contributed by atoms with Crippen LogP contribution in [0.5, 0.6) is 0 Å². The highest BCUT2D eigenvalue weighted by molar-refractivity contribution is 6.00. The molecule has 21 heavy (non-hydrogen) atoms. The molecule has 0 aromatic heterocycles. The van der Waals surface area contributed by atoms with E-state index in [1.165, 1.54) is 0 Å². The molecule has 0 saturated heterocycles. The first-order valence-electron chi connectivity index (χ1n) is 7.89.